The first kappa shape index (κ1) is 58.0. The maximum Gasteiger partial charge on any atom is 0.416 e. The Morgan fingerprint density at radius 1 is 0.695 bits per heavy atom. The second-order valence-corrected chi connectivity index (χ2v) is 21.4. The number of hydrogen-bond donors (Lipinski definition) is 3. The molecule has 2 aromatic heterocycles. The van der Waals surface area contributed by atoms with Crippen molar-refractivity contribution in [3.63, 3.8) is 0 Å². The molecule has 3 N–H and O–H groups in total. The summed E-state index contributed by atoms with van der Waals surface area (Å²) in [6.07, 6.45) is -0.00283. The zero-order valence-corrected chi connectivity index (χ0v) is 46.0. The summed E-state index contributed by atoms with van der Waals surface area (Å²) in [5.74, 6) is -1.37. The number of ether oxygens (including phenoxy) is 4. The number of nitrogens with one attached hydrogen (secondary N) is 3. The Kier molecular flexibility index (Phi) is 18.6. The minimum Gasteiger partial charge on any atom is -0.379 e. The number of nitrogens with zero attached hydrogens (tertiary/aromatic N) is 6. The van der Waals surface area contributed by atoms with Crippen LogP contribution in [0.2, 0.25) is 5.02 Å². The Morgan fingerprint density at radius 2 is 1.35 bits per heavy atom. The van der Waals surface area contributed by atoms with Gasteiger partial charge in [0, 0.05) is 75.1 Å². The maximum absolute atomic E-state index is 13.9. The number of hydrogen-bond acceptors (Lipinski definition) is 13. The van der Waals surface area contributed by atoms with Crippen LogP contribution in [-0.2, 0) is 58.8 Å². The third-order valence-corrected chi connectivity index (χ3v) is 15.8. The molecule has 3 fully saturated rings. The van der Waals surface area contributed by atoms with Crippen LogP contribution in [0.15, 0.2) is 89.7 Å². The lowest BCUT2D eigenvalue weighted by molar-refractivity contribution is -0.138. The van der Waals surface area contributed by atoms with Crippen LogP contribution in [0.1, 0.15) is 75.1 Å². The number of aromatic amines is 2. The molecule has 0 saturated carbocycles. The molecule has 82 heavy (non-hydrogen) atoms. The number of halogens is 4. The van der Waals surface area contributed by atoms with Gasteiger partial charge in [0.15, 0.2) is 0 Å². The number of amides is 5. The molecule has 6 heterocycles. The molecule has 19 nitrogen and oxygen atoms in total. The summed E-state index contributed by atoms with van der Waals surface area (Å²) in [5.41, 5.74) is 4.89. The van der Waals surface area contributed by atoms with Gasteiger partial charge in [-0.15, -0.1) is 0 Å². The van der Waals surface area contributed by atoms with Gasteiger partial charge in [-0.2, -0.15) is 17.9 Å². The number of carbonyl (C=O) groups excluding carboxylic acids is 5. The van der Waals surface area contributed by atoms with Crippen molar-refractivity contribution in [2.24, 2.45) is 5.92 Å². The summed E-state index contributed by atoms with van der Waals surface area (Å²) >= 11 is 6.16. The minimum absolute atomic E-state index is 0.00921. The van der Waals surface area contributed by atoms with E-state index in [2.05, 4.69) is 30.2 Å². The van der Waals surface area contributed by atoms with Gasteiger partial charge >= 0.3 is 6.18 Å². The third kappa shape index (κ3) is 14.0. The summed E-state index contributed by atoms with van der Waals surface area (Å²) < 4.78 is 64.1. The predicted octanol–water partition coefficient (Wildman–Crippen LogP) is 6.63. The monoisotopic (exact) mass is 1150 g/mol. The molecule has 4 aliphatic rings. The van der Waals surface area contributed by atoms with Gasteiger partial charge in [0.05, 0.1) is 73.1 Å². The van der Waals surface area contributed by atoms with Crippen LogP contribution in [0.3, 0.4) is 0 Å². The first-order valence-corrected chi connectivity index (χ1v) is 28.2. The second kappa shape index (κ2) is 26.4. The van der Waals surface area contributed by atoms with E-state index in [0.717, 1.165) is 92.3 Å². The minimum atomic E-state index is -4.49. The van der Waals surface area contributed by atoms with Crippen LogP contribution in [-0.4, -0.2) is 169 Å². The Hall–Kier alpha value is -7.21. The van der Waals surface area contributed by atoms with E-state index in [1.165, 1.54) is 16.8 Å². The number of imidazole rings is 1. The highest BCUT2D eigenvalue weighted by atomic mass is 35.5. The van der Waals surface area contributed by atoms with E-state index in [9.17, 15) is 41.9 Å². The van der Waals surface area contributed by atoms with Gasteiger partial charge < -0.3 is 33.7 Å². The van der Waals surface area contributed by atoms with Crippen LogP contribution in [0.5, 0.6) is 0 Å². The highest BCUT2D eigenvalue weighted by Gasteiger charge is 2.45. The third-order valence-electron chi connectivity index (χ3n) is 15.6. The van der Waals surface area contributed by atoms with Gasteiger partial charge in [-0.05, 0) is 116 Å². The second-order valence-electron chi connectivity index (χ2n) is 21.0. The lowest BCUT2D eigenvalue weighted by Crippen LogP contribution is -2.54. The fourth-order valence-electron chi connectivity index (χ4n) is 11.0. The van der Waals surface area contributed by atoms with Crippen LogP contribution >= 0.6 is 11.6 Å². The number of alkyl halides is 3. The first-order chi connectivity index (χ1) is 39.7. The van der Waals surface area contributed by atoms with E-state index in [4.69, 9.17) is 30.5 Å². The number of carbonyl (C=O) groups is 5. The fraction of sp³-hybridized carbons (Fsp3) is 0.441. The van der Waals surface area contributed by atoms with E-state index >= 15 is 0 Å². The van der Waals surface area contributed by atoms with Crippen molar-refractivity contribution in [3.05, 3.63) is 134 Å². The smallest absolute Gasteiger partial charge is 0.379 e. The van der Waals surface area contributed by atoms with Crippen molar-refractivity contribution in [2.75, 3.05) is 104 Å². The number of anilines is 1. The molecule has 0 aliphatic carbocycles. The highest BCUT2D eigenvalue weighted by molar-refractivity contribution is 6.31. The van der Waals surface area contributed by atoms with Gasteiger partial charge in [0.2, 0.25) is 23.7 Å². The molecule has 1 unspecified atom stereocenters. The van der Waals surface area contributed by atoms with Gasteiger partial charge in [0.1, 0.15) is 12.6 Å². The highest BCUT2D eigenvalue weighted by Crippen LogP contribution is 2.34. The molecule has 23 heteroatoms. The number of H-pyrrole nitrogens is 2. The van der Waals surface area contributed by atoms with Crippen LogP contribution < -0.4 is 15.8 Å². The molecule has 0 bridgehead atoms. The lowest BCUT2D eigenvalue weighted by atomic mass is 9.96. The summed E-state index contributed by atoms with van der Waals surface area (Å²) in [6, 6.07) is 22.2. The largest absolute Gasteiger partial charge is 0.416 e. The zero-order chi connectivity index (χ0) is 57.3. The number of likely N-dealkylation sites (tertiary alicyclic amines) is 1. The summed E-state index contributed by atoms with van der Waals surface area (Å²) in [5, 5.41) is 5.82. The van der Waals surface area contributed by atoms with E-state index in [1.54, 1.807) is 30.3 Å². The molecule has 434 valence electrons. The lowest BCUT2D eigenvalue weighted by Gasteiger charge is -2.39. The van der Waals surface area contributed by atoms with E-state index in [0.29, 0.717) is 111 Å². The average molecular weight is 1150 g/mol. The molecule has 1 atom stereocenters. The molecule has 3 saturated heterocycles. The van der Waals surface area contributed by atoms with Crippen LogP contribution in [0.25, 0.3) is 28.2 Å². The number of rotatable bonds is 24. The summed E-state index contributed by atoms with van der Waals surface area (Å²) in [7, 11) is 0. The Labute approximate surface area is 475 Å². The van der Waals surface area contributed by atoms with Gasteiger partial charge in [-0.25, -0.2) is 4.98 Å². The molecule has 0 radical (unpaired) electrons. The van der Waals surface area contributed by atoms with Gasteiger partial charge in [-0.3, -0.25) is 49.0 Å². The standard InChI is InChI=1S/C59H65ClF3N9O10/c60-43-12-16-48-49(34-43)65-58(64-48)72-57(78)46(53(67-72)41-8-10-42(11-9-41)59(61,62)63)14-7-39-5-3-38(4-6-39)2-1-27-79-28-29-80-30-31-81-32-33-82-37-52(74)70-21-19-40(20-22-70)36-68-23-25-69(26-24-68)44-13-15-45-47(35-44)56(77)71(55(45)76)50-17-18-51(73)66-54(50)75/h3-6,8-13,15-16,34-35,40,50,67H,1-2,7,14,17-33,36-37H2,(H,64,65)(H,66,73,75). The van der Waals surface area contributed by atoms with Crippen molar-refractivity contribution in [1.82, 2.24) is 39.8 Å². The van der Waals surface area contributed by atoms with E-state index < -0.39 is 41.4 Å². The molecule has 10 rings (SSSR count). The zero-order valence-electron chi connectivity index (χ0n) is 45.3. The van der Waals surface area contributed by atoms with Crippen LogP contribution in [0, 0.1) is 5.92 Å². The number of piperazine rings is 1. The van der Waals surface area contributed by atoms with Crippen molar-refractivity contribution < 1.29 is 56.1 Å². The van der Waals surface area contributed by atoms with Crippen molar-refractivity contribution in [1.29, 1.82) is 0 Å². The summed E-state index contributed by atoms with van der Waals surface area (Å²) in [6.45, 7) is 8.41. The predicted molar refractivity (Wildman–Crippen MR) is 298 cm³/mol. The quantitative estimate of drug-likeness (QED) is 0.0430. The van der Waals surface area contributed by atoms with Gasteiger partial charge in [0.25, 0.3) is 17.4 Å². The van der Waals surface area contributed by atoms with Crippen LogP contribution in [0.4, 0.5) is 18.9 Å². The molecular formula is C59H65ClF3N9O10. The number of aromatic nitrogens is 4. The Balaban J connectivity index is 0.548. The molecule has 6 aromatic rings. The molecule has 5 amide bonds. The number of aryl methyl sites for hydroxylation is 2. The molecule has 4 aromatic carbocycles. The van der Waals surface area contributed by atoms with Gasteiger partial charge in [-0.1, -0.05) is 48.0 Å². The average Bonchev–Trinajstić information content (AvgIpc) is 4.35. The fourth-order valence-corrected chi connectivity index (χ4v) is 11.2. The SMILES string of the molecule is O=C1CCC(N2C(=O)c3ccc(N4CCN(CC5CCN(C(=O)COCCOCCOCCOCCCc6ccc(CCc7c(-c8ccc(C(F)(F)F)cc8)[nH]n(-c8nc9ccc(Cl)cc9[nH]8)c7=O)cc6)CC5)CC4)cc3C2=O)C(=O)N1. The molecular weight excluding hydrogens is 1090 g/mol. The van der Waals surface area contributed by atoms with Crippen molar-refractivity contribution in [2.45, 2.75) is 63.6 Å². The Morgan fingerprint density at radius 3 is 2.04 bits per heavy atom. The van der Waals surface area contributed by atoms with E-state index in [-0.39, 0.29) is 48.0 Å². The number of imide groups is 2. The topological polar surface area (TPSA) is 214 Å². The normalized spacial score (nSPS) is 17.4. The Bertz CT molecular complexity index is 3310. The maximum atomic E-state index is 13.9. The molecule has 4 aliphatic heterocycles. The summed E-state index contributed by atoms with van der Waals surface area (Å²) in [4.78, 5) is 92.5. The number of fused-ring (bicyclic) bond motifs is 2. The van der Waals surface area contributed by atoms with E-state index in [1.807, 2.05) is 35.2 Å². The number of benzene rings is 4. The molecule has 0 spiro atoms. The van der Waals surface area contributed by atoms with Crippen molar-refractivity contribution >= 4 is 57.9 Å². The number of piperidine rings is 2. The first-order valence-electron chi connectivity index (χ1n) is 27.8. The van der Waals surface area contributed by atoms with Crippen molar-refractivity contribution in [3.8, 4) is 17.2 Å².